The van der Waals surface area contributed by atoms with Crippen molar-refractivity contribution in [3.63, 3.8) is 0 Å². The lowest BCUT2D eigenvalue weighted by Gasteiger charge is -2.02. The molecule has 0 fully saturated rings. The first-order valence-corrected chi connectivity index (χ1v) is 3.51. The van der Waals surface area contributed by atoms with Gasteiger partial charge in [0.05, 0.1) is 12.5 Å². The number of rotatable bonds is 1. The Kier molecular flexibility index (Phi) is 2.73. The molecule has 0 bridgehead atoms. The van der Waals surface area contributed by atoms with Crippen molar-refractivity contribution in [2.24, 2.45) is 0 Å². The molecule has 0 radical (unpaired) electrons. The van der Waals surface area contributed by atoms with Crippen molar-refractivity contribution >= 4 is 11.6 Å². The quantitative estimate of drug-likeness (QED) is 0.661. The van der Waals surface area contributed by atoms with E-state index in [4.69, 9.17) is 16.9 Å². The average Bonchev–Trinajstić information content (AvgIpc) is 2.09. The summed E-state index contributed by atoms with van der Waals surface area (Å²) in [5, 5.41) is 7.56. The van der Waals surface area contributed by atoms with Gasteiger partial charge in [0.15, 0.2) is 5.82 Å². The molecule has 0 N–H and O–H groups in total. The van der Waals surface area contributed by atoms with Crippen LogP contribution in [-0.4, -0.2) is 4.98 Å². The molecule has 0 saturated heterocycles. The van der Waals surface area contributed by atoms with Crippen LogP contribution in [0.25, 0.3) is 0 Å². The second-order valence-electron chi connectivity index (χ2n) is 2.13. The summed E-state index contributed by atoms with van der Waals surface area (Å²) in [6.45, 7) is 0. The zero-order valence-corrected chi connectivity index (χ0v) is 6.87. The first kappa shape index (κ1) is 9.81. The monoisotopic (exact) mass is 206 g/mol. The van der Waals surface area contributed by atoms with Gasteiger partial charge in [-0.2, -0.15) is 19.0 Å². The molecular weight excluding hydrogens is 205 g/mol. The van der Waals surface area contributed by atoms with E-state index in [0.717, 1.165) is 0 Å². The standard InChI is InChI=1S/C7H2ClF3N2/c8-4-3(1-2-12)5(9)7(11)13-6(4)10/h1H2. The third-order valence-corrected chi connectivity index (χ3v) is 1.73. The Morgan fingerprint density at radius 2 is 1.92 bits per heavy atom. The van der Waals surface area contributed by atoms with Crippen LogP contribution >= 0.6 is 11.6 Å². The Balaban J connectivity index is 3.39. The number of hydrogen-bond acceptors (Lipinski definition) is 2. The third-order valence-electron chi connectivity index (χ3n) is 1.34. The third kappa shape index (κ3) is 1.73. The van der Waals surface area contributed by atoms with Crippen LogP contribution in [0.3, 0.4) is 0 Å². The molecule has 1 rings (SSSR count). The second kappa shape index (κ2) is 3.62. The summed E-state index contributed by atoms with van der Waals surface area (Å²) in [5.41, 5.74) is -0.505. The summed E-state index contributed by atoms with van der Waals surface area (Å²) in [6, 6.07) is 1.53. The van der Waals surface area contributed by atoms with Gasteiger partial charge in [-0.05, 0) is 0 Å². The lowest BCUT2D eigenvalue weighted by molar-refractivity contribution is 0.441. The number of pyridine rings is 1. The van der Waals surface area contributed by atoms with Crippen LogP contribution in [-0.2, 0) is 6.42 Å². The lowest BCUT2D eigenvalue weighted by atomic mass is 10.2. The molecule has 0 atom stereocenters. The molecule has 0 amide bonds. The van der Waals surface area contributed by atoms with Gasteiger partial charge in [0.1, 0.15) is 5.02 Å². The number of nitriles is 1. The number of halogens is 4. The zero-order valence-electron chi connectivity index (χ0n) is 6.11. The highest BCUT2D eigenvalue weighted by atomic mass is 35.5. The molecule has 0 aromatic carbocycles. The first-order chi connectivity index (χ1) is 6.07. The van der Waals surface area contributed by atoms with Gasteiger partial charge in [0, 0.05) is 5.56 Å². The van der Waals surface area contributed by atoms with E-state index in [1.807, 2.05) is 0 Å². The van der Waals surface area contributed by atoms with E-state index in [9.17, 15) is 13.2 Å². The first-order valence-electron chi connectivity index (χ1n) is 3.13. The van der Waals surface area contributed by atoms with Crippen molar-refractivity contribution in [2.45, 2.75) is 6.42 Å². The topological polar surface area (TPSA) is 36.7 Å². The van der Waals surface area contributed by atoms with E-state index in [2.05, 4.69) is 4.98 Å². The van der Waals surface area contributed by atoms with E-state index in [0.29, 0.717) is 0 Å². The van der Waals surface area contributed by atoms with E-state index in [1.54, 1.807) is 0 Å². The summed E-state index contributed by atoms with van der Waals surface area (Å²) >= 11 is 5.25. The molecule has 1 aromatic rings. The Bertz CT molecular complexity index is 360. The fourth-order valence-electron chi connectivity index (χ4n) is 0.764. The molecule has 1 aromatic heterocycles. The minimum Gasteiger partial charge on any atom is -0.202 e. The minimum atomic E-state index is -1.59. The highest BCUT2D eigenvalue weighted by Crippen LogP contribution is 2.22. The maximum Gasteiger partial charge on any atom is 0.251 e. The van der Waals surface area contributed by atoms with Crippen molar-refractivity contribution in [2.75, 3.05) is 0 Å². The second-order valence-corrected chi connectivity index (χ2v) is 2.51. The highest BCUT2D eigenvalue weighted by molar-refractivity contribution is 6.31. The van der Waals surface area contributed by atoms with Gasteiger partial charge in [0.2, 0.25) is 5.95 Å². The van der Waals surface area contributed by atoms with Crippen molar-refractivity contribution in [3.05, 3.63) is 28.3 Å². The summed E-state index contributed by atoms with van der Waals surface area (Å²) in [7, 11) is 0. The van der Waals surface area contributed by atoms with Crippen LogP contribution in [0.4, 0.5) is 13.2 Å². The van der Waals surface area contributed by atoms with E-state index in [1.165, 1.54) is 6.07 Å². The molecular formula is C7H2ClF3N2. The molecule has 6 heteroatoms. The maximum atomic E-state index is 12.8. The molecule has 0 saturated carbocycles. The van der Waals surface area contributed by atoms with Crippen LogP contribution < -0.4 is 0 Å². The number of nitrogens with zero attached hydrogens (tertiary/aromatic N) is 2. The van der Waals surface area contributed by atoms with Crippen molar-refractivity contribution < 1.29 is 13.2 Å². The maximum absolute atomic E-state index is 12.8. The molecule has 0 aliphatic carbocycles. The van der Waals surface area contributed by atoms with Gasteiger partial charge in [-0.1, -0.05) is 11.6 Å². The minimum absolute atomic E-state index is 0.499. The van der Waals surface area contributed by atoms with Crippen LogP contribution in [0.5, 0.6) is 0 Å². The predicted octanol–water partition coefficient (Wildman–Crippen LogP) is 2.22. The molecule has 0 unspecified atom stereocenters. The van der Waals surface area contributed by atoms with E-state index >= 15 is 0 Å². The number of hydrogen-bond donors (Lipinski definition) is 0. The molecule has 1 heterocycles. The fraction of sp³-hybridized carbons (Fsp3) is 0.143. The Morgan fingerprint density at radius 3 is 2.46 bits per heavy atom. The van der Waals surface area contributed by atoms with Crippen LogP contribution in [0, 0.1) is 29.0 Å². The SMILES string of the molecule is N#CCc1c(F)c(F)nc(F)c1Cl. The lowest BCUT2D eigenvalue weighted by Crippen LogP contribution is -2.02. The highest BCUT2D eigenvalue weighted by Gasteiger charge is 2.18. The molecule has 0 aliphatic heterocycles. The van der Waals surface area contributed by atoms with Gasteiger partial charge in [-0.15, -0.1) is 0 Å². The molecule has 2 nitrogen and oxygen atoms in total. The van der Waals surface area contributed by atoms with E-state index < -0.39 is 34.7 Å². The van der Waals surface area contributed by atoms with Crippen LogP contribution in [0.15, 0.2) is 0 Å². The summed E-state index contributed by atoms with van der Waals surface area (Å²) in [6.07, 6.45) is -0.499. The number of aromatic nitrogens is 1. The smallest absolute Gasteiger partial charge is 0.202 e. The van der Waals surface area contributed by atoms with Crippen LogP contribution in [0.1, 0.15) is 5.56 Å². The summed E-state index contributed by atoms with van der Waals surface area (Å²) in [4.78, 5) is 2.57. The molecule has 0 aliphatic rings. The van der Waals surface area contributed by atoms with Crippen molar-refractivity contribution in [3.8, 4) is 6.07 Å². The largest absolute Gasteiger partial charge is 0.251 e. The Morgan fingerprint density at radius 1 is 1.31 bits per heavy atom. The zero-order chi connectivity index (χ0) is 10.0. The Labute approximate surface area is 76.6 Å². The van der Waals surface area contributed by atoms with Gasteiger partial charge >= 0.3 is 0 Å². The molecule has 68 valence electrons. The fourth-order valence-corrected chi connectivity index (χ4v) is 0.956. The Hall–Kier alpha value is -1.28. The normalized spacial score (nSPS) is 9.77. The van der Waals surface area contributed by atoms with Gasteiger partial charge in [-0.3, -0.25) is 0 Å². The average molecular weight is 207 g/mol. The molecule has 0 spiro atoms. The predicted molar refractivity (Wildman–Crippen MR) is 38.4 cm³/mol. The summed E-state index contributed by atoms with van der Waals surface area (Å²) in [5.74, 6) is -4.29. The van der Waals surface area contributed by atoms with E-state index in [-0.39, 0.29) is 0 Å². The van der Waals surface area contributed by atoms with Gasteiger partial charge in [-0.25, -0.2) is 4.39 Å². The van der Waals surface area contributed by atoms with Crippen molar-refractivity contribution in [1.29, 1.82) is 5.26 Å². The summed E-state index contributed by atoms with van der Waals surface area (Å²) < 4.78 is 37.8. The van der Waals surface area contributed by atoms with Gasteiger partial charge < -0.3 is 0 Å². The molecule has 13 heavy (non-hydrogen) atoms. The van der Waals surface area contributed by atoms with Crippen molar-refractivity contribution in [1.82, 2.24) is 4.98 Å². The van der Waals surface area contributed by atoms with Crippen LogP contribution in [0.2, 0.25) is 5.02 Å². The van der Waals surface area contributed by atoms with Gasteiger partial charge in [0.25, 0.3) is 5.95 Å².